The van der Waals surface area contributed by atoms with Gasteiger partial charge in [-0.25, -0.2) is 0 Å². The van der Waals surface area contributed by atoms with Gasteiger partial charge in [-0.15, -0.1) is 0 Å². The number of nitrogens with zero attached hydrogens (tertiary/aromatic N) is 2. The van der Waals surface area contributed by atoms with Crippen LogP contribution in [0, 0.1) is 0 Å². The van der Waals surface area contributed by atoms with Crippen LogP contribution in [0.4, 0.5) is 0 Å². The molecule has 4 nitrogen and oxygen atoms in total. The zero-order chi connectivity index (χ0) is 15.1. The number of hydrazone groups is 1. The van der Waals surface area contributed by atoms with Gasteiger partial charge >= 0.3 is 0 Å². The first-order chi connectivity index (χ1) is 8.32. The van der Waals surface area contributed by atoms with E-state index in [1.807, 2.05) is 0 Å². The summed E-state index contributed by atoms with van der Waals surface area (Å²) >= 11 is 0. The van der Waals surface area contributed by atoms with Crippen molar-refractivity contribution in [3.8, 4) is 0 Å². The van der Waals surface area contributed by atoms with Gasteiger partial charge < -0.3 is 5.32 Å². The summed E-state index contributed by atoms with van der Waals surface area (Å²) in [5.41, 5.74) is 1.19. The van der Waals surface area contributed by atoms with Crippen LogP contribution in [0.5, 0.6) is 0 Å². The van der Waals surface area contributed by atoms with Crippen LogP contribution in [0.15, 0.2) is 5.10 Å². The first kappa shape index (κ1) is 16.4. The molecular weight excluding hydrogens is 254 g/mol. The van der Waals surface area contributed by atoms with Crippen molar-refractivity contribution in [2.45, 2.75) is 78.2 Å². The van der Waals surface area contributed by atoms with Gasteiger partial charge in [0.1, 0.15) is 0 Å². The van der Waals surface area contributed by atoms with Crippen LogP contribution in [0.25, 0.3) is 0 Å². The Morgan fingerprint density at radius 3 is 1.89 bits per heavy atom. The molecule has 1 fully saturated rings. The largest absolute Gasteiger partial charge is 0.306 e. The van der Waals surface area contributed by atoms with Gasteiger partial charge in [-0.3, -0.25) is 9.47 Å². The molecule has 0 bridgehead atoms. The van der Waals surface area contributed by atoms with E-state index in [4.69, 9.17) is 5.10 Å². The second-order valence-electron chi connectivity index (χ2n) is 7.91. The number of piperidine rings is 1. The molecule has 19 heavy (non-hydrogen) atoms. The Morgan fingerprint density at radius 2 is 1.58 bits per heavy atom. The Labute approximate surface area is 118 Å². The van der Waals surface area contributed by atoms with Crippen molar-refractivity contribution >= 4 is 19.9 Å². The molecule has 0 saturated carbocycles. The molecule has 0 spiro atoms. The molecule has 0 aliphatic carbocycles. The van der Waals surface area contributed by atoms with Gasteiger partial charge in [0.25, 0.3) is 0 Å². The fourth-order valence-corrected chi connectivity index (χ4v) is 4.38. The van der Waals surface area contributed by atoms with Crippen molar-refractivity contribution in [3.05, 3.63) is 0 Å². The molecule has 0 atom stereocenters. The summed E-state index contributed by atoms with van der Waals surface area (Å²) in [5.74, 6) is 0.0563. The summed E-state index contributed by atoms with van der Waals surface area (Å²) in [7, 11) is -1.75. The molecule has 110 valence electrons. The lowest BCUT2D eigenvalue weighted by Gasteiger charge is -2.44. The normalized spacial score (nSPS) is 22.0. The molecule has 1 saturated heterocycles. The van der Waals surface area contributed by atoms with Crippen LogP contribution in [0.2, 0.25) is 19.6 Å². The van der Waals surface area contributed by atoms with E-state index in [2.05, 4.69) is 52.7 Å². The second kappa shape index (κ2) is 5.02. The number of hydrogen-bond donors (Lipinski definition) is 1. The van der Waals surface area contributed by atoms with Crippen LogP contribution in [-0.2, 0) is 4.79 Å². The molecule has 1 N–H and O–H groups in total. The molecule has 1 aliphatic rings. The van der Waals surface area contributed by atoms with Gasteiger partial charge in [-0.2, -0.15) is 5.10 Å². The molecule has 0 aromatic carbocycles. The third kappa shape index (κ3) is 4.73. The highest BCUT2D eigenvalue weighted by Crippen LogP contribution is 2.27. The number of carbonyl (C=O) groups is 1. The Kier molecular flexibility index (Phi) is 4.32. The Hall–Kier alpha value is -0.683. The molecule has 1 amide bonds. The van der Waals surface area contributed by atoms with Crippen molar-refractivity contribution in [3.63, 3.8) is 0 Å². The molecule has 1 rings (SSSR count). The fourth-order valence-electron chi connectivity index (χ4n) is 2.99. The Morgan fingerprint density at radius 1 is 1.16 bits per heavy atom. The number of rotatable bonds is 2. The minimum absolute atomic E-state index is 0.0302. The van der Waals surface area contributed by atoms with E-state index in [-0.39, 0.29) is 17.0 Å². The molecule has 1 heterocycles. The van der Waals surface area contributed by atoms with E-state index in [0.29, 0.717) is 0 Å². The number of hydrogen-bond acceptors (Lipinski definition) is 3. The van der Waals surface area contributed by atoms with Gasteiger partial charge in [-0.1, -0.05) is 0 Å². The van der Waals surface area contributed by atoms with E-state index < -0.39 is 8.24 Å². The minimum atomic E-state index is -1.75. The monoisotopic (exact) mass is 283 g/mol. The zero-order valence-corrected chi connectivity index (χ0v) is 14.7. The van der Waals surface area contributed by atoms with Crippen LogP contribution in [-0.4, -0.2) is 35.6 Å². The summed E-state index contributed by atoms with van der Waals surface area (Å²) in [5, 5.41) is 8.35. The molecule has 0 aromatic rings. The molecular formula is C14H29N3OSi. The fraction of sp³-hybridized carbons (Fsp3) is 0.857. The van der Waals surface area contributed by atoms with E-state index in [1.54, 1.807) is 11.6 Å². The zero-order valence-electron chi connectivity index (χ0n) is 13.7. The van der Waals surface area contributed by atoms with E-state index in [0.717, 1.165) is 18.6 Å². The standard InChI is InChI=1S/C14H29N3OSi/c1-11(18)17(19(6,7)8)15-12-9-13(2,3)16-14(4,5)10-12/h16H,9-10H2,1-8H3. The summed E-state index contributed by atoms with van der Waals surface area (Å²) in [6, 6.07) is 0. The van der Waals surface area contributed by atoms with Crippen LogP contribution in [0.1, 0.15) is 47.5 Å². The lowest BCUT2D eigenvalue weighted by atomic mass is 9.81. The second-order valence-corrected chi connectivity index (χ2v) is 12.7. The quantitative estimate of drug-likeness (QED) is 0.625. The van der Waals surface area contributed by atoms with Gasteiger partial charge in [0.2, 0.25) is 5.91 Å². The van der Waals surface area contributed by atoms with E-state index >= 15 is 0 Å². The van der Waals surface area contributed by atoms with Crippen LogP contribution in [0.3, 0.4) is 0 Å². The minimum Gasteiger partial charge on any atom is -0.306 e. The smallest absolute Gasteiger partial charge is 0.231 e. The van der Waals surface area contributed by atoms with Gasteiger partial charge in [-0.05, 0) is 47.3 Å². The average molecular weight is 283 g/mol. The molecule has 0 radical (unpaired) electrons. The highest BCUT2D eigenvalue weighted by Gasteiger charge is 2.37. The summed E-state index contributed by atoms with van der Waals surface area (Å²) in [4.78, 5) is 11.8. The summed E-state index contributed by atoms with van der Waals surface area (Å²) < 4.78 is 1.75. The van der Waals surface area contributed by atoms with E-state index in [9.17, 15) is 4.79 Å². The third-order valence-electron chi connectivity index (χ3n) is 3.14. The maximum atomic E-state index is 11.8. The number of nitrogens with one attached hydrogen (secondary N) is 1. The maximum Gasteiger partial charge on any atom is 0.231 e. The van der Waals surface area contributed by atoms with Crippen molar-refractivity contribution < 1.29 is 4.79 Å². The predicted octanol–water partition coefficient (Wildman–Crippen LogP) is 2.97. The first-order valence-electron chi connectivity index (χ1n) is 6.99. The SMILES string of the molecule is CC(=O)N(N=C1CC(C)(C)NC(C)(C)C1)[Si](C)(C)C. The highest BCUT2D eigenvalue weighted by atomic mass is 28.3. The Bertz CT molecular complexity index is 376. The van der Waals surface area contributed by atoms with Crippen molar-refractivity contribution in [2.24, 2.45) is 5.10 Å². The molecule has 0 aromatic heterocycles. The van der Waals surface area contributed by atoms with Crippen LogP contribution >= 0.6 is 0 Å². The summed E-state index contributed by atoms with van der Waals surface area (Å²) in [6.07, 6.45) is 1.79. The topological polar surface area (TPSA) is 44.7 Å². The van der Waals surface area contributed by atoms with Gasteiger partial charge in [0.15, 0.2) is 8.24 Å². The first-order valence-corrected chi connectivity index (χ1v) is 10.4. The lowest BCUT2D eigenvalue weighted by Crippen LogP contribution is -2.58. The number of amides is 1. The molecule has 0 unspecified atom stereocenters. The summed E-state index contributed by atoms with van der Waals surface area (Å²) in [6.45, 7) is 16.8. The molecule has 5 heteroatoms. The van der Waals surface area contributed by atoms with Crippen LogP contribution < -0.4 is 5.32 Å². The maximum absolute atomic E-state index is 11.8. The highest BCUT2D eigenvalue weighted by molar-refractivity contribution is 6.75. The predicted molar refractivity (Wildman–Crippen MR) is 83.8 cm³/mol. The number of carbonyl (C=O) groups excluding carboxylic acids is 1. The molecule has 1 aliphatic heterocycles. The van der Waals surface area contributed by atoms with E-state index in [1.165, 1.54) is 0 Å². The third-order valence-corrected chi connectivity index (χ3v) is 4.83. The lowest BCUT2D eigenvalue weighted by molar-refractivity contribution is -0.124. The average Bonchev–Trinajstić information content (AvgIpc) is 2.06. The van der Waals surface area contributed by atoms with Crippen molar-refractivity contribution in [2.75, 3.05) is 0 Å². The van der Waals surface area contributed by atoms with Gasteiger partial charge in [0, 0.05) is 36.6 Å². The van der Waals surface area contributed by atoms with Crippen molar-refractivity contribution in [1.29, 1.82) is 0 Å². The van der Waals surface area contributed by atoms with Crippen molar-refractivity contribution in [1.82, 2.24) is 9.99 Å². The van der Waals surface area contributed by atoms with Gasteiger partial charge in [0.05, 0.1) is 0 Å². The Balaban J connectivity index is 3.06.